The molecule has 3 heteroatoms. The van der Waals surface area contributed by atoms with E-state index in [-0.39, 0.29) is 12.5 Å². The summed E-state index contributed by atoms with van der Waals surface area (Å²) in [6.45, 7) is 8.87. The SMILES string of the molecule is Cc1ccc(C(C)C)c(OCC(=O)NCc2ccccc2C)c1. The summed E-state index contributed by atoms with van der Waals surface area (Å²) in [5, 5.41) is 2.91. The minimum absolute atomic E-state index is 0.0368. The van der Waals surface area contributed by atoms with Gasteiger partial charge in [0.2, 0.25) is 0 Å². The van der Waals surface area contributed by atoms with Gasteiger partial charge in [-0.05, 0) is 48.1 Å². The third-order valence-corrected chi connectivity index (χ3v) is 3.89. The lowest BCUT2D eigenvalue weighted by molar-refractivity contribution is -0.123. The van der Waals surface area contributed by atoms with Gasteiger partial charge in [-0.15, -0.1) is 0 Å². The minimum Gasteiger partial charge on any atom is -0.483 e. The Morgan fingerprint density at radius 3 is 2.57 bits per heavy atom. The summed E-state index contributed by atoms with van der Waals surface area (Å²) in [7, 11) is 0. The normalized spacial score (nSPS) is 10.7. The second-order valence-electron chi connectivity index (χ2n) is 6.19. The van der Waals surface area contributed by atoms with E-state index in [1.54, 1.807) is 0 Å². The molecule has 122 valence electrons. The summed E-state index contributed by atoms with van der Waals surface area (Å²) in [4.78, 5) is 12.0. The smallest absolute Gasteiger partial charge is 0.258 e. The van der Waals surface area contributed by atoms with Crippen LogP contribution >= 0.6 is 0 Å². The quantitative estimate of drug-likeness (QED) is 0.871. The number of carbonyl (C=O) groups is 1. The van der Waals surface area contributed by atoms with Crippen LogP contribution in [0.25, 0.3) is 0 Å². The number of carbonyl (C=O) groups excluding carboxylic acids is 1. The van der Waals surface area contributed by atoms with Gasteiger partial charge in [-0.3, -0.25) is 4.79 Å². The minimum atomic E-state index is -0.107. The first-order valence-corrected chi connectivity index (χ1v) is 8.02. The molecule has 0 radical (unpaired) electrons. The third kappa shape index (κ3) is 4.85. The Balaban J connectivity index is 1.92. The second-order valence-corrected chi connectivity index (χ2v) is 6.19. The van der Waals surface area contributed by atoms with Crippen molar-refractivity contribution in [2.75, 3.05) is 6.61 Å². The largest absolute Gasteiger partial charge is 0.483 e. The first kappa shape index (κ1) is 17.1. The molecule has 0 spiro atoms. The van der Waals surface area contributed by atoms with Crippen molar-refractivity contribution >= 4 is 5.91 Å². The standard InChI is InChI=1S/C20H25NO2/c1-14(2)18-10-9-15(3)11-19(18)23-13-20(22)21-12-17-8-6-5-7-16(17)4/h5-11,14H,12-13H2,1-4H3,(H,21,22). The molecule has 0 heterocycles. The topological polar surface area (TPSA) is 38.3 Å². The molecule has 0 aliphatic heterocycles. The number of rotatable bonds is 6. The molecule has 0 fully saturated rings. The Hall–Kier alpha value is -2.29. The van der Waals surface area contributed by atoms with Crippen molar-refractivity contribution in [3.63, 3.8) is 0 Å². The third-order valence-electron chi connectivity index (χ3n) is 3.89. The average molecular weight is 311 g/mol. The molecule has 0 bridgehead atoms. The molecular weight excluding hydrogens is 286 g/mol. The highest BCUT2D eigenvalue weighted by atomic mass is 16.5. The van der Waals surface area contributed by atoms with E-state index in [9.17, 15) is 4.79 Å². The van der Waals surface area contributed by atoms with Gasteiger partial charge in [-0.25, -0.2) is 0 Å². The molecule has 3 nitrogen and oxygen atoms in total. The molecule has 2 aromatic carbocycles. The zero-order chi connectivity index (χ0) is 16.8. The predicted octanol–water partition coefficient (Wildman–Crippen LogP) is 4.12. The highest BCUT2D eigenvalue weighted by Gasteiger charge is 2.10. The first-order valence-electron chi connectivity index (χ1n) is 8.02. The Bertz CT molecular complexity index is 677. The molecule has 0 unspecified atom stereocenters. The van der Waals surface area contributed by atoms with E-state index < -0.39 is 0 Å². The van der Waals surface area contributed by atoms with Gasteiger partial charge in [0.1, 0.15) is 5.75 Å². The summed E-state index contributed by atoms with van der Waals surface area (Å²) >= 11 is 0. The van der Waals surface area contributed by atoms with Crippen molar-refractivity contribution in [2.24, 2.45) is 0 Å². The molecular formula is C20H25NO2. The summed E-state index contributed by atoms with van der Waals surface area (Å²) in [5.41, 5.74) is 4.56. The van der Waals surface area contributed by atoms with Crippen molar-refractivity contribution in [3.05, 3.63) is 64.7 Å². The van der Waals surface area contributed by atoms with Gasteiger partial charge in [0.15, 0.2) is 6.61 Å². The molecule has 0 atom stereocenters. The van der Waals surface area contributed by atoms with E-state index >= 15 is 0 Å². The van der Waals surface area contributed by atoms with Gasteiger partial charge < -0.3 is 10.1 Å². The van der Waals surface area contributed by atoms with E-state index in [1.165, 1.54) is 5.56 Å². The summed E-state index contributed by atoms with van der Waals surface area (Å²) < 4.78 is 5.75. The summed E-state index contributed by atoms with van der Waals surface area (Å²) in [5.74, 6) is 1.05. The fourth-order valence-electron chi connectivity index (χ4n) is 2.44. The fourth-order valence-corrected chi connectivity index (χ4v) is 2.44. The van der Waals surface area contributed by atoms with Crippen LogP contribution in [0.15, 0.2) is 42.5 Å². The average Bonchev–Trinajstić information content (AvgIpc) is 2.52. The van der Waals surface area contributed by atoms with Crippen molar-refractivity contribution in [3.8, 4) is 5.75 Å². The number of hydrogen-bond donors (Lipinski definition) is 1. The zero-order valence-corrected chi connectivity index (χ0v) is 14.3. The number of hydrogen-bond acceptors (Lipinski definition) is 2. The zero-order valence-electron chi connectivity index (χ0n) is 14.3. The maximum atomic E-state index is 12.0. The van der Waals surface area contributed by atoms with Crippen LogP contribution in [0.1, 0.15) is 42.0 Å². The molecule has 1 N–H and O–H groups in total. The molecule has 1 amide bonds. The number of aryl methyl sites for hydroxylation is 2. The number of amides is 1. The molecule has 0 saturated heterocycles. The molecule has 2 aromatic rings. The van der Waals surface area contributed by atoms with E-state index in [4.69, 9.17) is 4.74 Å². The van der Waals surface area contributed by atoms with Crippen molar-refractivity contribution in [1.82, 2.24) is 5.32 Å². The molecule has 0 saturated carbocycles. The van der Waals surface area contributed by atoms with Crippen molar-refractivity contribution in [1.29, 1.82) is 0 Å². The van der Waals surface area contributed by atoms with E-state index in [0.717, 1.165) is 22.4 Å². The van der Waals surface area contributed by atoms with Crippen LogP contribution in [0.3, 0.4) is 0 Å². The van der Waals surface area contributed by atoms with Crippen molar-refractivity contribution in [2.45, 2.75) is 40.2 Å². The van der Waals surface area contributed by atoms with Gasteiger partial charge in [0, 0.05) is 6.54 Å². The van der Waals surface area contributed by atoms with Crippen LogP contribution in [-0.4, -0.2) is 12.5 Å². The highest BCUT2D eigenvalue weighted by Crippen LogP contribution is 2.27. The highest BCUT2D eigenvalue weighted by molar-refractivity contribution is 5.77. The fraction of sp³-hybridized carbons (Fsp3) is 0.350. The van der Waals surface area contributed by atoms with Crippen molar-refractivity contribution < 1.29 is 9.53 Å². The summed E-state index contributed by atoms with van der Waals surface area (Å²) in [6.07, 6.45) is 0. The Kier molecular flexibility index (Phi) is 5.80. The number of ether oxygens (including phenoxy) is 1. The monoisotopic (exact) mass is 311 g/mol. The lowest BCUT2D eigenvalue weighted by atomic mass is 10.0. The lowest BCUT2D eigenvalue weighted by Crippen LogP contribution is -2.28. The molecule has 0 aromatic heterocycles. The van der Waals surface area contributed by atoms with Crippen LogP contribution in [0.4, 0.5) is 0 Å². The van der Waals surface area contributed by atoms with Crippen LogP contribution in [0.5, 0.6) is 5.75 Å². The second kappa shape index (κ2) is 7.82. The van der Waals surface area contributed by atoms with Gasteiger partial charge in [-0.2, -0.15) is 0 Å². The molecule has 0 aliphatic carbocycles. The van der Waals surface area contributed by atoms with Gasteiger partial charge >= 0.3 is 0 Å². The van der Waals surface area contributed by atoms with Crippen LogP contribution in [0, 0.1) is 13.8 Å². The van der Waals surface area contributed by atoms with Crippen LogP contribution in [0.2, 0.25) is 0 Å². The lowest BCUT2D eigenvalue weighted by Gasteiger charge is -2.15. The van der Waals surface area contributed by atoms with Crippen LogP contribution < -0.4 is 10.1 Å². The van der Waals surface area contributed by atoms with Gasteiger partial charge in [-0.1, -0.05) is 50.2 Å². The maximum Gasteiger partial charge on any atom is 0.258 e. The molecule has 2 rings (SSSR count). The van der Waals surface area contributed by atoms with Gasteiger partial charge in [0.05, 0.1) is 0 Å². The Labute approximate surface area is 138 Å². The first-order chi connectivity index (χ1) is 11.0. The predicted molar refractivity (Wildman–Crippen MR) is 93.8 cm³/mol. The molecule has 23 heavy (non-hydrogen) atoms. The van der Waals surface area contributed by atoms with E-state index in [1.807, 2.05) is 44.2 Å². The maximum absolute atomic E-state index is 12.0. The number of benzene rings is 2. The number of nitrogens with one attached hydrogen (secondary N) is 1. The summed E-state index contributed by atoms with van der Waals surface area (Å²) in [6, 6.07) is 14.2. The Morgan fingerprint density at radius 2 is 1.87 bits per heavy atom. The Morgan fingerprint density at radius 1 is 1.13 bits per heavy atom. The molecule has 0 aliphatic rings. The van der Waals surface area contributed by atoms with E-state index in [2.05, 4.69) is 31.3 Å². The van der Waals surface area contributed by atoms with Crippen LogP contribution in [-0.2, 0) is 11.3 Å². The van der Waals surface area contributed by atoms with Gasteiger partial charge in [0.25, 0.3) is 5.91 Å². The van der Waals surface area contributed by atoms with E-state index in [0.29, 0.717) is 12.5 Å².